The van der Waals surface area contributed by atoms with Crippen LogP contribution in [0.25, 0.3) is 0 Å². The van der Waals surface area contributed by atoms with E-state index in [-0.39, 0.29) is 28.9 Å². The van der Waals surface area contributed by atoms with Crippen molar-refractivity contribution in [2.24, 2.45) is 5.92 Å². The third-order valence-electron chi connectivity index (χ3n) is 6.93. The SMILES string of the molecule is CC(=O)Nc1ccc(S(=O)(=O)N2CCC(N(C(=O)Nc3ncc(Cl)s3)[C@H]3CC[C@H](C)CC3)CC2)cc1. The van der Waals surface area contributed by atoms with Crippen molar-refractivity contribution in [2.45, 2.75) is 69.4 Å². The van der Waals surface area contributed by atoms with Gasteiger partial charge in [0.25, 0.3) is 0 Å². The number of rotatable bonds is 6. The molecule has 36 heavy (non-hydrogen) atoms. The first-order valence-corrected chi connectivity index (χ1v) is 14.9. The molecule has 2 fully saturated rings. The molecule has 196 valence electrons. The van der Waals surface area contributed by atoms with Crippen LogP contribution >= 0.6 is 22.9 Å². The second-order valence-corrected chi connectivity index (χ2v) is 13.2. The molecule has 4 rings (SSSR count). The van der Waals surface area contributed by atoms with Crippen molar-refractivity contribution in [1.82, 2.24) is 14.2 Å². The van der Waals surface area contributed by atoms with Gasteiger partial charge in [0.15, 0.2) is 5.13 Å². The predicted molar refractivity (Wildman–Crippen MR) is 142 cm³/mol. The molecule has 0 bridgehead atoms. The van der Waals surface area contributed by atoms with Gasteiger partial charge in [0.05, 0.1) is 11.1 Å². The number of benzene rings is 1. The Morgan fingerprint density at radius 3 is 2.19 bits per heavy atom. The molecule has 9 nitrogen and oxygen atoms in total. The average Bonchev–Trinajstić information content (AvgIpc) is 3.25. The van der Waals surface area contributed by atoms with Gasteiger partial charge in [-0.1, -0.05) is 29.9 Å². The first-order valence-electron chi connectivity index (χ1n) is 12.2. The van der Waals surface area contributed by atoms with Crippen LogP contribution in [0.4, 0.5) is 15.6 Å². The standard InChI is InChI=1S/C24H32ClN5O4S2/c1-16-3-7-19(8-4-16)30(24(32)28-23-26-15-22(25)35-23)20-11-13-29(14-12-20)36(33,34)21-9-5-18(6-10-21)27-17(2)31/h5-6,9-10,15-16,19-20H,3-4,7-8,11-14H2,1-2H3,(H,27,31)(H,26,28,32)/t16-,19-. The summed E-state index contributed by atoms with van der Waals surface area (Å²) in [5.74, 6) is 0.430. The molecular formula is C24H32ClN5O4S2. The number of amides is 3. The molecular weight excluding hydrogens is 522 g/mol. The molecule has 12 heteroatoms. The molecule has 1 aliphatic carbocycles. The lowest BCUT2D eigenvalue weighted by Crippen LogP contribution is -2.54. The highest BCUT2D eigenvalue weighted by molar-refractivity contribution is 7.89. The van der Waals surface area contributed by atoms with E-state index in [1.165, 1.54) is 40.9 Å². The number of anilines is 2. The van der Waals surface area contributed by atoms with Gasteiger partial charge in [0.2, 0.25) is 15.9 Å². The van der Waals surface area contributed by atoms with Gasteiger partial charge in [0.1, 0.15) is 4.34 Å². The van der Waals surface area contributed by atoms with E-state index in [4.69, 9.17) is 11.6 Å². The molecule has 0 radical (unpaired) electrons. The van der Waals surface area contributed by atoms with Gasteiger partial charge in [-0.15, -0.1) is 0 Å². The minimum Gasteiger partial charge on any atom is -0.326 e. The van der Waals surface area contributed by atoms with Crippen molar-refractivity contribution in [3.8, 4) is 0 Å². The lowest BCUT2D eigenvalue weighted by atomic mass is 9.85. The van der Waals surface area contributed by atoms with Gasteiger partial charge in [-0.3, -0.25) is 10.1 Å². The maximum absolute atomic E-state index is 13.4. The smallest absolute Gasteiger partial charge is 0.324 e. The Balaban J connectivity index is 1.45. The Morgan fingerprint density at radius 1 is 1.03 bits per heavy atom. The highest BCUT2D eigenvalue weighted by Crippen LogP contribution is 2.33. The summed E-state index contributed by atoms with van der Waals surface area (Å²) >= 11 is 7.20. The Kier molecular flexibility index (Phi) is 8.54. The third-order valence-corrected chi connectivity index (χ3v) is 9.88. The molecule has 2 aromatic rings. The average molecular weight is 554 g/mol. The minimum atomic E-state index is -3.68. The van der Waals surface area contributed by atoms with E-state index in [9.17, 15) is 18.0 Å². The molecule has 2 heterocycles. The number of carbonyl (C=O) groups is 2. The van der Waals surface area contributed by atoms with Gasteiger partial charge in [-0.05, 0) is 68.7 Å². The zero-order chi connectivity index (χ0) is 25.9. The van der Waals surface area contributed by atoms with Crippen molar-refractivity contribution in [2.75, 3.05) is 23.7 Å². The van der Waals surface area contributed by atoms with E-state index < -0.39 is 10.0 Å². The molecule has 2 aliphatic rings. The quantitative estimate of drug-likeness (QED) is 0.521. The Bertz CT molecular complexity index is 1170. The monoisotopic (exact) mass is 553 g/mol. The number of piperidine rings is 1. The molecule has 1 aromatic carbocycles. The number of aromatic nitrogens is 1. The fourth-order valence-corrected chi connectivity index (χ4v) is 7.31. The van der Waals surface area contributed by atoms with Crippen molar-refractivity contribution in [1.29, 1.82) is 0 Å². The second kappa shape index (κ2) is 11.5. The molecule has 0 unspecified atom stereocenters. The lowest BCUT2D eigenvalue weighted by Gasteiger charge is -2.43. The summed E-state index contributed by atoms with van der Waals surface area (Å²) in [4.78, 5) is 30.9. The van der Waals surface area contributed by atoms with Gasteiger partial charge in [-0.25, -0.2) is 18.2 Å². The number of hydrogen-bond acceptors (Lipinski definition) is 6. The van der Waals surface area contributed by atoms with Crippen LogP contribution in [-0.4, -0.2) is 59.7 Å². The molecule has 3 amide bonds. The molecule has 0 spiro atoms. The van der Waals surface area contributed by atoms with E-state index in [1.54, 1.807) is 12.1 Å². The van der Waals surface area contributed by atoms with Crippen LogP contribution in [-0.2, 0) is 14.8 Å². The van der Waals surface area contributed by atoms with Gasteiger partial charge < -0.3 is 10.2 Å². The zero-order valence-electron chi connectivity index (χ0n) is 20.4. The second-order valence-electron chi connectivity index (χ2n) is 9.56. The normalized spacial score (nSPS) is 21.6. The summed E-state index contributed by atoms with van der Waals surface area (Å²) in [5.41, 5.74) is 0.546. The van der Waals surface area contributed by atoms with E-state index in [1.807, 2.05) is 4.90 Å². The van der Waals surface area contributed by atoms with E-state index in [0.717, 1.165) is 25.7 Å². The lowest BCUT2D eigenvalue weighted by molar-refractivity contribution is -0.114. The number of carbonyl (C=O) groups excluding carboxylic acids is 2. The van der Waals surface area contributed by atoms with Crippen LogP contribution in [0.3, 0.4) is 0 Å². The third kappa shape index (κ3) is 6.37. The number of nitrogens with zero attached hydrogens (tertiary/aromatic N) is 3. The van der Waals surface area contributed by atoms with Crippen molar-refractivity contribution < 1.29 is 18.0 Å². The van der Waals surface area contributed by atoms with Gasteiger partial charge in [0, 0.05) is 37.8 Å². The summed E-state index contributed by atoms with van der Waals surface area (Å²) in [7, 11) is -3.68. The Hall–Kier alpha value is -2.21. The van der Waals surface area contributed by atoms with Crippen LogP contribution in [0.2, 0.25) is 4.34 Å². The molecule has 1 saturated heterocycles. The fourth-order valence-electron chi connectivity index (χ4n) is 5.04. The molecule has 0 atom stereocenters. The van der Waals surface area contributed by atoms with E-state index in [0.29, 0.717) is 47.0 Å². The Labute approximate surface area is 221 Å². The number of halogens is 1. The van der Waals surface area contributed by atoms with Crippen molar-refractivity contribution >= 4 is 55.7 Å². The fraction of sp³-hybridized carbons (Fsp3) is 0.542. The van der Waals surface area contributed by atoms with Gasteiger partial charge in [-0.2, -0.15) is 4.31 Å². The van der Waals surface area contributed by atoms with E-state index >= 15 is 0 Å². The number of sulfonamides is 1. The first kappa shape index (κ1) is 26.8. The summed E-state index contributed by atoms with van der Waals surface area (Å²) in [5, 5.41) is 6.01. The summed E-state index contributed by atoms with van der Waals surface area (Å²) < 4.78 is 28.5. The molecule has 1 aliphatic heterocycles. The summed E-state index contributed by atoms with van der Waals surface area (Å²) in [6, 6.07) is 6.04. The maximum Gasteiger partial charge on any atom is 0.324 e. The number of hydrogen-bond donors (Lipinski definition) is 2. The van der Waals surface area contributed by atoms with E-state index in [2.05, 4.69) is 22.5 Å². The predicted octanol–water partition coefficient (Wildman–Crippen LogP) is 5.02. The van der Waals surface area contributed by atoms with Crippen LogP contribution in [0.15, 0.2) is 35.4 Å². The van der Waals surface area contributed by atoms with Crippen LogP contribution in [0, 0.1) is 5.92 Å². The highest BCUT2D eigenvalue weighted by Gasteiger charge is 2.37. The zero-order valence-corrected chi connectivity index (χ0v) is 22.8. The van der Waals surface area contributed by atoms with Gasteiger partial charge >= 0.3 is 6.03 Å². The molecule has 1 saturated carbocycles. The van der Waals surface area contributed by atoms with Crippen LogP contribution < -0.4 is 10.6 Å². The van der Waals surface area contributed by atoms with Crippen molar-refractivity contribution in [3.05, 3.63) is 34.8 Å². The molecule has 1 aromatic heterocycles. The number of urea groups is 1. The molecule has 2 N–H and O–H groups in total. The first-order chi connectivity index (χ1) is 17.1. The summed E-state index contributed by atoms with van der Waals surface area (Å²) in [6.07, 6.45) is 6.64. The van der Waals surface area contributed by atoms with Crippen molar-refractivity contribution in [3.63, 3.8) is 0 Å². The highest BCUT2D eigenvalue weighted by atomic mass is 35.5. The van der Waals surface area contributed by atoms with Crippen LogP contribution in [0.5, 0.6) is 0 Å². The minimum absolute atomic E-state index is 0.0626. The van der Waals surface area contributed by atoms with Crippen LogP contribution in [0.1, 0.15) is 52.4 Å². The number of thiazole rings is 1. The topological polar surface area (TPSA) is 112 Å². The number of nitrogens with one attached hydrogen (secondary N) is 2. The largest absolute Gasteiger partial charge is 0.326 e. The summed E-state index contributed by atoms with van der Waals surface area (Å²) in [6.45, 7) is 4.30. The Morgan fingerprint density at radius 2 is 1.64 bits per heavy atom. The maximum atomic E-state index is 13.4.